The van der Waals surface area contributed by atoms with Crippen LogP contribution in [0, 0.1) is 0 Å². The minimum absolute atomic E-state index is 0.291. The summed E-state index contributed by atoms with van der Waals surface area (Å²) in [6.07, 6.45) is 2.07. The van der Waals surface area contributed by atoms with Crippen LogP contribution in [0.4, 0.5) is 0 Å². The van der Waals surface area contributed by atoms with Crippen LogP contribution in [-0.4, -0.2) is 9.78 Å². The molecule has 11 heavy (non-hydrogen) atoms. The van der Waals surface area contributed by atoms with Gasteiger partial charge in [0.2, 0.25) is 0 Å². The second-order valence-corrected chi connectivity index (χ2v) is 2.22. The van der Waals surface area contributed by atoms with Crippen molar-refractivity contribution in [3.63, 3.8) is 0 Å². The monoisotopic (exact) mass is 145 g/mol. The first-order valence-electron chi connectivity index (χ1n) is 3.94. The van der Waals surface area contributed by atoms with Gasteiger partial charge >= 0.3 is 0 Å². The number of hydrogen-bond donors (Lipinski definition) is 0. The molecule has 0 radical (unpaired) electrons. The highest BCUT2D eigenvalue weighted by atomic mass is 15.3. The molecule has 0 aliphatic carbocycles. The van der Waals surface area contributed by atoms with E-state index >= 15 is 0 Å². The molecule has 0 saturated carbocycles. The summed E-state index contributed by atoms with van der Waals surface area (Å²) in [4.78, 5) is 0. The second-order valence-electron chi connectivity index (χ2n) is 2.22. The Bertz CT molecular complexity index is 367. The maximum atomic E-state index is 7.23. The molecular weight excluding hydrogens is 136 g/mol. The van der Waals surface area contributed by atoms with E-state index in [1.54, 1.807) is 16.9 Å². The van der Waals surface area contributed by atoms with E-state index < -0.39 is 0 Å². The Morgan fingerprint density at radius 1 is 1.18 bits per heavy atom. The zero-order valence-electron chi connectivity index (χ0n) is 6.94. The van der Waals surface area contributed by atoms with Crippen molar-refractivity contribution in [1.82, 2.24) is 9.78 Å². The summed E-state index contributed by atoms with van der Waals surface area (Å²) in [5, 5.41) is 3.96. The van der Waals surface area contributed by atoms with Crippen LogP contribution in [0.15, 0.2) is 48.8 Å². The first kappa shape index (κ1) is 5.13. The normalized spacial score (nSPS) is 11.1. The minimum Gasteiger partial charge on any atom is -0.241 e. The van der Waals surface area contributed by atoms with Gasteiger partial charge in [0.25, 0.3) is 0 Å². The Balaban J connectivity index is 2.45. The number of rotatable bonds is 1. The Labute approximate surface area is 66.5 Å². The van der Waals surface area contributed by atoms with Crippen molar-refractivity contribution in [1.29, 1.82) is 0 Å². The first-order valence-corrected chi connectivity index (χ1v) is 3.44. The predicted molar refractivity (Wildman–Crippen MR) is 43.6 cm³/mol. The summed E-state index contributed by atoms with van der Waals surface area (Å²) < 4.78 is 8.92. The van der Waals surface area contributed by atoms with E-state index in [9.17, 15) is 0 Å². The van der Waals surface area contributed by atoms with Crippen molar-refractivity contribution in [3.05, 3.63) is 48.8 Å². The molecule has 0 aliphatic heterocycles. The molecular formula is C9H8N2. The van der Waals surface area contributed by atoms with Gasteiger partial charge in [-0.1, -0.05) is 18.2 Å². The number of aromatic nitrogens is 2. The molecule has 0 N–H and O–H groups in total. The largest absolute Gasteiger partial charge is 0.241 e. The third-order valence-electron chi connectivity index (χ3n) is 1.48. The molecule has 0 aliphatic rings. The molecule has 1 aromatic heterocycles. The number of para-hydroxylation sites is 1. The summed E-state index contributed by atoms with van der Waals surface area (Å²) in [7, 11) is 0. The van der Waals surface area contributed by atoms with Crippen molar-refractivity contribution in [2.75, 3.05) is 0 Å². The standard InChI is InChI=1S/C9H8N2/c1-2-5-9(6-3-1)11-8-4-7-10-11/h1-8H/i7D. The van der Waals surface area contributed by atoms with Crippen LogP contribution < -0.4 is 0 Å². The zero-order valence-corrected chi connectivity index (χ0v) is 5.94. The molecule has 2 rings (SSSR count). The van der Waals surface area contributed by atoms with Gasteiger partial charge in [-0.25, -0.2) is 4.68 Å². The minimum atomic E-state index is 0.291. The van der Waals surface area contributed by atoms with Crippen molar-refractivity contribution in [2.45, 2.75) is 0 Å². The van der Waals surface area contributed by atoms with Crippen molar-refractivity contribution in [3.8, 4) is 5.69 Å². The van der Waals surface area contributed by atoms with E-state index in [4.69, 9.17) is 1.37 Å². The Hall–Kier alpha value is -1.57. The van der Waals surface area contributed by atoms with Gasteiger partial charge < -0.3 is 0 Å². The maximum absolute atomic E-state index is 7.23. The zero-order chi connectivity index (χ0) is 8.39. The highest BCUT2D eigenvalue weighted by Crippen LogP contribution is 2.03. The fourth-order valence-electron chi connectivity index (χ4n) is 0.957. The topological polar surface area (TPSA) is 17.8 Å². The number of nitrogens with zero attached hydrogens (tertiary/aromatic N) is 2. The molecule has 2 nitrogen and oxygen atoms in total. The van der Waals surface area contributed by atoms with Crippen molar-refractivity contribution in [2.24, 2.45) is 0 Å². The van der Waals surface area contributed by atoms with Gasteiger partial charge in [0, 0.05) is 12.4 Å². The fraction of sp³-hybridized carbons (Fsp3) is 0. The summed E-state index contributed by atoms with van der Waals surface area (Å²) >= 11 is 0. The van der Waals surface area contributed by atoms with Crippen LogP contribution in [0.2, 0.25) is 0 Å². The number of hydrogen-bond acceptors (Lipinski definition) is 1. The molecule has 1 aromatic carbocycles. The van der Waals surface area contributed by atoms with E-state index in [-0.39, 0.29) is 0 Å². The summed E-state index contributed by atoms with van der Waals surface area (Å²) in [5.41, 5.74) is 0.982. The highest BCUT2D eigenvalue weighted by Gasteiger charge is 1.90. The van der Waals surface area contributed by atoms with E-state index in [0.29, 0.717) is 6.17 Å². The second kappa shape index (κ2) is 2.58. The van der Waals surface area contributed by atoms with E-state index in [1.807, 2.05) is 30.3 Å². The smallest absolute Gasteiger partial charge is 0.0860 e. The van der Waals surface area contributed by atoms with Crippen molar-refractivity contribution >= 4 is 0 Å². The Morgan fingerprint density at radius 3 is 2.64 bits per heavy atom. The van der Waals surface area contributed by atoms with Crippen LogP contribution in [0.1, 0.15) is 1.37 Å². The molecule has 0 unspecified atom stereocenters. The van der Waals surface area contributed by atoms with Gasteiger partial charge in [-0.05, 0) is 18.2 Å². The molecule has 0 amide bonds. The van der Waals surface area contributed by atoms with Gasteiger partial charge in [-0.3, -0.25) is 0 Å². The van der Waals surface area contributed by atoms with Gasteiger partial charge in [0.1, 0.15) is 0 Å². The van der Waals surface area contributed by atoms with E-state index in [0.717, 1.165) is 5.69 Å². The average molecular weight is 145 g/mol. The fourth-order valence-corrected chi connectivity index (χ4v) is 0.957. The summed E-state index contributed by atoms with van der Waals surface area (Å²) in [6, 6.07) is 11.4. The molecule has 0 spiro atoms. The molecule has 0 bridgehead atoms. The predicted octanol–water partition coefficient (Wildman–Crippen LogP) is 1.87. The lowest BCUT2D eigenvalue weighted by Gasteiger charge is -1.97. The average Bonchev–Trinajstić information content (AvgIpc) is 2.54. The highest BCUT2D eigenvalue weighted by molar-refractivity contribution is 5.29. The van der Waals surface area contributed by atoms with Gasteiger partial charge in [-0.15, -0.1) is 0 Å². The van der Waals surface area contributed by atoms with Crippen LogP contribution in [-0.2, 0) is 0 Å². The maximum Gasteiger partial charge on any atom is 0.0860 e. The summed E-state index contributed by atoms with van der Waals surface area (Å²) in [6.45, 7) is 0. The van der Waals surface area contributed by atoms with Crippen molar-refractivity contribution < 1.29 is 1.37 Å². The Kier molecular flexibility index (Phi) is 1.20. The lowest BCUT2D eigenvalue weighted by atomic mass is 10.3. The summed E-state index contributed by atoms with van der Waals surface area (Å²) in [5.74, 6) is 0. The van der Waals surface area contributed by atoms with Crippen LogP contribution in [0.3, 0.4) is 0 Å². The quantitative estimate of drug-likeness (QED) is 0.599. The molecule has 2 aromatic rings. The lowest BCUT2D eigenvalue weighted by molar-refractivity contribution is 0.880. The van der Waals surface area contributed by atoms with Crippen LogP contribution in [0.25, 0.3) is 5.69 Å². The third kappa shape index (κ3) is 1.15. The molecule has 0 atom stereocenters. The Morgan fingerprint density at radius 2 is 2.00 bits per heavy atom. The molecule has 1 heterocycles. The van der Waals surface area contributed by atoms with E-state index in [2.05, 4.69) is 5.10 Å². The number of benzene rings is 1. The van der Waals surface area contributed by atoms with Crippen LogP contribution in [0.5, 0.6) is 0 Å². The lowest BCUT2D eigenvalue weighted by Crippen LogP contribution is -1.91. The molecule has 0 saturated heterocycles. The third-order valence-corrected chi connectivity index (χ3v) is 1.48. The van der Waals surface area contributed by atoms with Gasteiger partial charge in [0.15, 0.2) is 0 Å². The SMILES string of the molecule is [2H]c1ccn(-c2ccccc2)n1. The van der Waals surface area contributed by atoms with E-state index in [1.165, 1.54) is 0 Å². The van der Waals surface area contributed by atoms with Gasteiger partial charge in [-0.2, -0.15) is 5.10 Å². The molecule has 54 valence electrons. The van der Waals surface area contributed by atoms with Gasteiger partial charge in [0.05, 0.1) is 7.06 Å². The molecule has 0 fully saturated rings. The van der Waals surface area contributed by atoms with Crippen LogP contribution >= 0.6 is 0 Å². The molecule has 2 heteroatoms. The first-order chi connectivity index (χ1) is 5.86.